The summed E-state index contributed by atoms with van der Waals surface area (Å²) in [5.41, 5.74) is 2.99. The SMILES string of the molecule is CN=C(NCCN1CCc2ccccc2C1)NCC(C)C.I. The van der Waals surface area contributed by atoms with Crippen LogP contribution in [0.5, 0.6) is 0 Å². The van der Waals surface area contributed by atoms with E-state index in [1.165, 1.54) is 11.1 Å². The Bertz CT molecular complexity index is 473. The summed E-state index contributed by atoms with van der Waals surface area (Å²) in [7, 11) is 1.83. The van der Waals surface area contributed by atoms with Gasteiger partial charge in [0.15, 0.2) is 5.96 Å². The smallest absolute Gasteiger partial charge is 0.191 e. The zero-order valence-electron chi connectivity index (χ0n) is 13.9. The van der Waals surface area contributed by atoms with Crippen molar-refractivity contribution in [2.24, 2.45) is 10.9 Å². The molecule has 1 aromatic carbocycles. The van der Waals surface area contributed by atoms with Gasteiger partial charge in [-0.1, -0.05) is 38.1 Å². The first kappa shape index (κ1) is 19.2. The van der Waals surface area contributed by atoms with Crippen LogP contribution in [0.25, 0.3) is 0 Å². The van der Waals surface area contributed by atoms with Gasteiger partial charge in [-0.2, -0.15) is 0 Å². The molecule has 1 aromatic rings. The van der Waals surface area contributed by atoms with Crippen LogP contribution >= 0.6 is 24.0 Å². The van der Waals surface area contributed by atoms with E-state index in [2.05, 4.69) is 58.6 Å². The lowest BCUT2D eigenvalue weighted by atomic mass is 10.00. The molecule has 0 radical (unpaired) electrons. The van der Waals surface area contributed by atoms with Crippen molar-refractivity contribution in [1.82, 2.24) is 15.5 Å². The standard InChI is InChI=1S/C17H28N4.HI/c1-14(2)12-20-17(18-3)19-9-11-21-10-8-15-6-4-5-7-16(15)13-21;/h4-7,14H,8-13H2,1-3H3,(H2,18,19,20);1H. The number of fused-ring (bicyclic) bond motifs is 1. The van der Waals surface area contributed by atoms with E-state index in [9.17, 15) is 0 Å². The maximum Gasteiger partial charge on any atom is 0.191 e. The van der Waals surface area contributed by atoms with Crippen LogP contribution in [-0.2, 0) is 13.0 Å². The zero-order valence-corrected chi connectivity index (χ0v) is 16.3. The van der Waals surface area contributed by atoms with Crippen LogP contribution in [-0.4, -0.2) is 44.1 Å². The Morgan fingerprint density at radius 3 is 2.64 bits per heavy atom. The van der Waals surface area contributed by atoms with Crippen LogP contribution in [0, 0.1) is 5.92 Å². The zero-order chi connectivity index (χ0) is 15.1. The predicted molar refractivity (Wildman–Crippen MR) is 105 cm³/mol. The molecule has 0 atom stereocenters. The van der Waals surface area contributed by atoms with Crippen LogP contribution in [0.15, 0.2) is 29.3 Å². The molecule has 4 nitrogen and oxygen atoms in total. The number of aliphatic imine (C=N–C) groups is 1. The highest BCUT2D eigenvalue weighted by Gasteiger charge is 2.14. The summed E-state index contributed by atoms with van der Waals surface area (Å²) in [6, 6.07) is 8.78. The van der Waals surface area contributed by atoms with Crippen molar-refractivity contribution >= 4 is 29.9 Å². The van der Waals surface area contributed by atoms with Crippen molar-refractivity contribution in [3.8, 4) is 0 Å². The minimum atomic E-state index is 0. The van der Waals surface area contributed by atoms with Crippen molar-refractivity contribution in [2.45, 2.75) is 26.8 Å². The number of halogens is 1. The minimum absolute atomic E-state index is 0. The van der Waals surface area contributed by atoms with Gasteiger partial charge in [-0.3, -0.25) is 9.89 Å². The molecular formula is C17H29IN4. The van der Waals surface area contributed by atoms with Gasteiger partial charge in [0.1, 0.15) is 0 Å². The average molecular weight is 416 g/mol. The molecule has 2 N–H and O–H groups in total. The van der Waals surface area contributed by atoms with Crippen LogP contribution < -0.4 is 10.6 Å². The Hall–Kier alpha value is -0.820. The Morgan fingerprint density at radius 2 is 1.95 bits per heavy atom. The second-order valence-electron chi connectivity index (χ2n) is 6.07. The molecule has 0 unspecified atom stereocenters. The van der Waals surface area contributed by atoms with E-state index < -0.39 is 0 Å². The first-order valence-corrected chi connectivity index (χ1v) is 7.92. The fourth-order valence-electron chi connectivity index (χ4n) is 2.60. The highest BCUT2D eigenvalue weighted by Crippen LogP contribution is 2.17. The molecule has 0 amide bonds. The lowest BCUT2D eigenvalue weighted by Crippen LogP contribution is -2.43. The fourth-order valence-corrected chi connectivity index (χ4v) is 2.60. The van der Waals surface area contributed by atoms with E-state index in [1.807, 2.05) is 7.05 Å². The first-order valence-electron chi connectivity index (χ1n) is 7.92. The number of hydrogen-bond acceptors (Lipinski definition) is 2. The van der Waals surface area contributed by atoms with Gasteiger partial charge in [0.05, 0.1) is 0 Å². The van der Waals surface area contributed by atoms with Crippen LogP contribution in [0.3, 0.4) is 0 Å². The van der Waals surface area contributed by atoms with Crippen LogP contribution in [0.2, 0.25) is 0 Å². The summed E-state index contributed by atoms with van der Waals surface area (Å²) in [6.45, 7) is 9.55. The molecule has 5 heteroatoms. The molecule has 22 heavy (non-hydrogen) atoms. The summed E-state index contributed by atoms with van der Waals surface area (Å²) in [5, 5.41) is 6.74. The third-order valence-corrected chi connectivity index (χ3v) is 3.83. The van der Waals surface area contributed by atoms with Gasteiger partial charge in [0.2, 0.25) is 0 Å². The van der Waals surface area contributed by atoms with E-state index in [-0.39, 0.29) is 24.0 Å². The molecule has 0 bridgehead atoms. The van der Waals surface area contributed by atoms with Gasteiger partial charge >= 0.3 is 0 Å². The molecule has 0 aromatic heterocycles. The molecule has 0 aliphatic carbocycles. The maximum atomic E-state index is 4.25. The number of benzene rings is 1. The number of rotatable bonds is 5. The third-order valence-electron chi connectivity index (χ3n) is 3.83. The number of hydrogen-bond donors (Lipinski definition) is 2. The Kier molecular flexibility index (Phi) is 8.78. The summed E-state index contributed by atoms with van der Waals surface area (Å²) in [6.07, 6.45) is 1.16. The molecular weight excluding hydrogens is 387 g/mol. The number of nitrogens with zero attached hydrogens (tertiary/aromatic N) is 2. The quantitative estimate of drug-likeness (QED) is 0.440. The topological polar surface area (TPSA) is 39.7 Å². The monoisotopic (exact) mass is 416 g/mol. The summed E-state index contributed by atoms with van der Waals surface area (Å²) < 4.78 is 0. The predicted octanol–water partition coefficient (Wildman–Crippen LogP) is 2.48. The lowest BCUT2D eigenvalue weighted by molar-refractivity contribution is 0.258. The molecule has 2 rings (SSSR count). The largest absolute Gasteiger partial charge is 0.356 e. The van der Waals surface area contributed by atoms with Crippen molar-refractivity contribution in [3.05, 3.63) is 35.4 Å². The first-order chi connectivity index (χ1) is 10.2. The van der Waals surface area contributed by atoms with Crippen molar-refractivity contribution in [2.75, 3.05) is 33.2 Å². The molecule has 1 aliphatic rings. The van der Waals surface area contributed by atoms with E-state index in [0.29, 0.717) is 5.92 Å². The van der Waals surface area contributed by atoms with Gasteiger partial charge < -0.3 is 10.6 Å². The van der Waals surface area contributed by atoms with Gasteiger partial charge in [-0.25, -0.2) is 0 Å². The molecule has 0 saturated carbocycles. The van der Waals surface area contributed by atoms with Gasteiger partial charge in [-0.15, -0.1) is 24.0 Å². The van der Waals surface area contributed by atoms with Crippen molar-refractivity contribution in [1.29, 1.82) is 0 Å². The van der Waals surface area contributed by atoms with Crippen molar-refractivity contribution in [3.63, 3.8) is 0 Å². The second kappa shape index (κ2) is 10.0. The highest BCUT2D eigenvalue weighted by atomic mass is 127. The summed E-state index contributed by atoms with van der Waals surface area (Å²) >= 11 is 0. The van der Waals surface area contributed by atoms with E-state index in [1.54, 1.807) is 0 Å². The summed E-state index contributed by atoms with van der Waals surface area (Å²) in [5.74, 6) is 1.53. The maximum absolute atomic E-state index is 4.25. The van der Waals surface area contributed by atoms with E-state index in [0.717, 1.165) is 45.1 Å². The molecule has 1 aliphatic heterocycles. The highest BCUT2D eigenvalue weighted by molar-refractivity contribution is 14.0. The minimum Gasteiger partial charge on any atom is -0.356 e. The molecule has 1 heterocycles. The van der Waals surface area contributed by atoms with E-state index >= 15 is 0 Å². The molecule has 0 saturated heterocycles. The third kappa shape index (κ3) is 6.12. The van der Waals surface area contributed by atoms with Gasteiger partial charge in [-0.05, 0) is 23.5 Å². The normalized spacial score (nSPS) is 15.2. The number of guanidine groups is 1. The Morgan fingerprint density at radius 1 is 1.23 bits per heavy atom. The molecule has 124 valence electrons. The van der Waals surface area contributed by atoms with Gasteiger partial charge in [0, 0.05) is 39.8 Å². The second-order valence-corrected chi connectivity index (χ2v) is 6.07. The Labute approximate surface area is 151 Å². The van der Waals surface area contributed by atoms with Crippen LogP contribution in [0.1, 0.15) is 25.0 Å². The number of nitrogens with one attached hydrogen (secondary N) is 2. The average Bonchev–Trinajstić information content (AvgIpc) is 2.50. The van der Waals surface area contributed by atoms with Gasteiger partial charge in [0.25, 0.3) is 0 Å². The molecule has 0 spiro atoms. The van der Waals surface area contributed by atoms with E-state index in [4.69, 9.17) is 0 Å². The van der Waals surface area contributed by atoms with Crippen molar-refractivity contribution < 1.29 is 0 Å². The van der Waals surface area contributed by atoms with Crippen LogP contribution in [0.4, 0.5) is 0 Å². The molecule has 0 fully saturated rings. The fraction of sp³-hybridized carbons (Fsp3) is 0.588. The summed E-state index contributed by atoms with van der Waals surface area (Å²) in [4.78, 5) is 6.76. The lowest BCUT2D eigenvalue weighted by Gasteiger charge is -2.28. The Balaban J connectivity index is 0.00000242.